The molecule has 18 atom stereocenters. The summed E-state index contributed by atoms with van der Waals surface area (Å²) in [4.78, 5) is 43.4. The molecule has 6 rings (SSSR count). The molecule has 1 unspecified atom stereocenters. The van der Waals surface area contributed by atoms with Crippen molar-refractivity contribution in [2.45, 2.75) is 211 Å². The van der Waals surface area contributed by atoms with E-state index in [9.17, 15) is 39.9 Å². The Morgan fingerprint density at radius 1 is 0.973 bits per heavy atom. The molecular weight excluding hydrogens is 971 g/mol. The van der Waals surface area contributed by atoms with Gasteiger partial charge in [0, 0.05) is 56.2 Å². The molecule has 75 heavy (non-hydrogen) atoms. The lowest BCUT2D eigenvalue weighted by atomic mass is 9.77. The van der Waals surface area contributed by atoms with Crippen molar-refractivity contribution < 1.29 is 73.0 Å². The zero-order chi connectivity index (χ0) is 55.5. The SMILES string of the molecule is CC[C@H]1OC(=O)[C@H](C)[C@@H](OC2C[C@@](C)(OC)[C@@H](OCCO/C=C/Cc3cc4c5c(c3)c(=O)c(C(=O)O)cn5CCC4)[C@H](C)O2)[C@H](C)[C@@H](O[C@@H]2O[C@H](C)C[C@H](N(C)C)[C@H]2O)[C@](C)(O)C[C@@H](C)CN(C)[C@H](C)[C@H](O)[C@]1(C)O. The highest BCUT2D eigenvalue weighted by molar-refractivity contribution is 5.94. The molecule has 1 aromatic heterocycles. The molecule has 4 aliphatic rings. The third kappa shape index (κ3) is 13.7. The van der Waals surface area contributed by atoms with Gasteiger partial charge in [-0.05, 0) is 137 Å². The Morgan fingerprint density at radius 2 is 1.68 bits per heavy atom. The van der Waals surface area contributed by atoms with E-state index in [0.717, 1.165) is 29.5 Å². The van der Waals surface area contributed by atoms with Gasteiger partial charge in [-0.15, -0.1) is 0 Å². The summed E-state index contributed by atoms with van der Waals surface area (Å²) in [5, 5.41) is 58.2. The maximum atomic E-state index is 14.6. The van der Waals surface area contributed by atoms with Crippen LogP contribution in [0, 0.1) is 17.8 Å². The summed E-state index contributed by atoms with van der Waals surface area (Å²) in [5.41, 5.74) is -2.47. The quantitative estimate of drug-likeness (QED) is 0.0927. The zero-order valence-electron chi connectivity index (χ0n) is 46.9. The fourth-order valence-electron chi connectivity index (χ4n) is 12.4. The normalized spacial score (nSPS) is 38.8. The standard InChI is InChI=1S/C56H89N3O16/c1-15-42-56(10,67)48(62)35(6)58(13)29-31(2)27-54(8,66)49(75-53-46(61)41(57(11)12)24-32(3)71-53)33(4)47(34(5)52(65)73-42)74-43-28-55(9,68-14)50(36(7)72-43)70-23-22-69-21-17-18-37-25-38-19-16-20-59-30-40(51(63)64)45(60)39(26-37)44(38)59/h17,21,25-26,30-36,41-43,46-50,53,61-62,66-67H,15-16,18-20,22-24,27-29H2,1-14H3,(H,63,64)/b21-17+/t31-,32-,33+,34-,35-,36+,41+,42-,43?,46-,47+,48+,49-,50+,53+,54-,55-,56-/m1/s1. The van der Waals surface area contributed by atoms with E-state index in [0.29, 0.717) is 31.3 Å². The summed E-state index contributed by atoms with van der Waals surface area (Å²) in [5.74, 6) is -3.98. The minimum absolute atomic E-state index is 0.158. The Bertz CT molecular complexity index is 2340. The molecular formula is C56H89N3O16. The number of esters is 1. The summed E-state index contributed by atoms with van der Waals surface area (Å²) in [7, 11) is 7.19. The van der Waals surface area contributed by atoms with Crippen LogP contribution in [0.4, 0.5) is 0 Å². The molecule has 3 saturated heterocycles. The maximum absolute atomic E-state index is 14.6. The maximum Gasteiger partial charge on any atom is 0.341 e. The van der Waals surface area contributed by atoms with Gasteiger partial charge in [-0.25, -0.2) is 4.79 Å². The summed E-state index contributed by atoms with van der Waals surface area (Å²) >= 11 is 0. The average Bonchev–Trinajstić information content (AvgIpc) is 3.34. The molecule has 0 saturated carbocycles. The first-order valence-corrected chi connectivity index (χ1v) is 27.0. The average molecular weight is 1060 g/mol. The number of benzene rings is 1. The molecule has 4 aliphatic heterocycles. The number of aliphatic hydroxyl groups is 4. The second kappa shape index (κ2) is 25.0. The first-order chi connectivity index (χ1) is 35.1. The summed E-state index contributed by atoms with van der Waals surface area (Å²) in [6.45, 7) is 19.3. The van der Waals surface area contributed by atoms with Gasteiger partial charge in [0.2, 0.25) is 5.43 Å². The fourth-order valence-corrected chi connectivity index (χ4v) is 12.4. The lowest BCUT2D eigenvalue weighted by Crippen LogP contribution is -2.61. The molecule has 0 spiro atoms. The molecule has 0 amide bonds. The van der Waals surface area contributed by atoms with Crippen LogP contribution >= 0.6 is 0 Å². The summed E-state index contributed by atoms with van der Waals surface area (Å²) in [6.07, 6.45) is -1.19. The van der Waals surface area contributed by atoms with Crippen LogP contribution in [0.1, 0.15) is 123 Å². The molecule has 5 heterocycles. The monoisotopic (exact) mass is 1060 g/mol. The van der Waals surface area contributed by atoms with E-state index in [1.54, 1.807) is 47.1 Å². The van der Waals surface area contributed by atoms with E-state index in [-0.39, 0.29) is 56.1 Å². The van der Waals surface area contributed by atoms with Crippen molar-refractivity contribution in [2.24, 2.45) is 17.8 Å². The molecule has 19 heteroatoms. The Labute approximate surface area is 443 Å². The van der Waals surface area contributed by atoms with E-state index < -0.39 is 107 Å². The number of aromatic nitrogens is 1. The number of carboxylic acids is 1. The number of pyridine rings is 1. The Hall–Kier alpha value is -3.57. The van der Waals surface area contributed by atoms with Crippen molar-refractivity contribution in [3.63, 3.8) is 0 Å². The van der Waals surface area contributed by atoms with Crippen LogP contribution in [0.5, 0.6) is 0 Å². The number of carbonyl (C=O) groups is 2. The van der Waals surface area contributed by atoms with Gasteiger partial charge < -0.3 is 77.8 Å². The number of aliphatic hydroxyl groups excluding tert-OH is 2. The van der Waals surface area contributed by atoms with Crippen LogP contribution in [0.2, 0.25) is 0 Å². The van der Waals surface area contributed by atoms with Crippen molar-refractivity contribution in [3.8, 4) is 0 Å². The topological polar surface area (TPSA) is 238 Å². The first-order valence-electron chi connectivity index (χ1n) is 27.0. The van der Waals surface area contributed by atoms with Crippen LogP contribution in [0.15, 0.2) is 35.5 Å². The van der Waals surface area contributed by atoms with Gasteiger partial charge in [0.15, 0.2) is 12.6 Å². The molecule has 3 fully saturated rings. The minimum atomic E-state index is -1.84. The number of ether oxygens (including phenoxy) is 8. The van der Waals surface area contributed by atoms with Gasteiger partial charge in [0.05, 0.1) is 59.9 Å². The number of carboxylic acid groups (broad SMARTS) is 1. The molecule has 5 N–H and O–H groups in total. The predicted molar refractivity (Wildman–Crippen MR) is 280 cm³/mol. The van der Waals surface area contributed by atoms with Crippen LogP contribution in [0.25, 0.3) is 10.9 Å². The van der Waals surface area contributed by atoms with Crippen LogP contribution in [0.3, 0.4) is 0 Å². The van der Waals surface area contributed by atoms with Crippen molar-refractivity contribution in [3.05, 3.63) is 57.6 Å². The highest BCUT2D eigenvalue weighted by Crippen LogP contribution is 2.41. The number of nitrogens with zero attached hydrogens (tertiary/aromatic N) is 3. The Balaban J connectivity index is 1.21. The fraction of sp³-hybridized carbons (Fsp3) is 0.768. The lowest BCUT2D eigenvalue weighted by molar-refractivity contribution is -0.321. The number of rotatable bonds is 15. The van der Waals surface area contributed by atoms with Gasteiger partial charge in [-0.2, -0.15) is 0 Å². The third-order valence-corrected chi connectivity index (χ3v) is 16.6. The summed E-state index contributed by atoms with van der Waals surface area (Å²) < 4.78 is 53.1. The number of hydrogen-bond donors (Lipinski definition) is 5. The van der Waals surface area contributed by atoms with Crippen LogP contribution in [-0.4, -0.2) is 190 Å². The smallest absolute Gasteiger partial charge is 0.341 e. The Morgan fingerprint density at radius 3 is 2.33 bits per heavy atom. The van der Waals surface area contributed by atoms with Gasteiger partial charge in [0.1, 0.15) is 42.2 Å². The molecule has 2 aromatic rings. The largest absolute Gasteiger partial charge is 0.499 e. The van der Waals surface area contributed by atoms with E-state index in [4.69, 9.17) is 37.9 Å². The van der Waals surface area contributed by atoms with Gasteiger partial charge >= 0.3 is 11.9 Å². The minimum Gasteiger partial charge on any atom is -0.499 e. The van der Waals surface area contributed by atoms with E-state index in [1.807, 2.05) is 76.2 Å². The van der Waals surface area contributed by atoms with Gasteiger partial charge in [0.25, 0.3) is 0 Å². The number of carbonyl (C=O) groups excluding carboxylic acids is 1. The van der Waals surface area contributed by atoms with Crippen LogP contribution < -0.4 is 5.43 Å². The van der Waals surface area contributed by atoms with Crippen molar-refractivity contribution >= 4 is 22.8 Å². The first kappa shape index (κ1) is 60.7. The van der Waals surface area contributed by atoms with E-state index >= 15 is 0 Å². The molecule has 424 valence electrons. The van der Waals surface area contributed by atoms with E-state index in [2.05, 4.69) is 6.07 Å². The number of aryl methyl sites for hydroxylation is 2. The van der Waals surface area contributed by atoms with E-state index in [1.165, 1.54) is 13.1 Å². The Kier molecular flexibility index (Phi) is 20.3. The number of allylic oxidation sites excluding steroid dienone is 1. The number of aromatic carboxylic acids is 1. The number of cyclic esters (lactones) is 1. The van der Waals surface area contributed by atoms with Crippen molar-refractivity contribution in [1.82, 2.24) is 14.4 Å². The molecule has 1 aromatic carbocycles. The van der Waals surface area contributed by atoms with Crippen molar-refractivity contribution in [1.29, 1.82) is 0 Å². The number of likely N-dealkylation sites (N-methyl/N-ethyl adjacent to an activating group) is 2. The van der Waals surface area contributed by atoms with Crippen LogP contribution in [-0.2, 0) is 62.1 Å². The number of hydrogen-bond acceptors (Lipinski definition) is 17. The highest BCUT2D eigenvalue weighted by atomic mass is 16.7. The third-order valence-electron chi connectivity index (χ3n) is 16.6. The number of methoxy groups -OCH3 is 1. The highest BCUT2D eigenvalue weighted by Gasteiger charge is 2.53. The predicted octanol–water partition coefficient (Wildman–Crippen LogP) is 4.66. The molecule has 19 nitrogen and oxygen atoms in total. The lowest BCUT2D eigenvalue weighted by Gasteiger charge is -2.49. The second-order valence-electron chi connectivity index (χ2n) is 23.1. The van der Waals surface area contributed by atoms with Gasteiger partial charge in [-0.3, -0.25) is 9.59 Å². The zero-order valence-corrected chi connectivity index (χ0v) is 46.9. The molecule has 0 bridgehead atoms. The summed E-state index contributed by atoms with van der Waals surface area (Å²) in [6, 6.07) is 2.95. The van der Waals surface area contributed by atoms with Gasteiger partial charge in [-0.1, -0.05) is 26.8 Å². The van der Waals surface area contributed by atoms with Crippen molar-refractivity contribution in [2.75, 3.05) is 48.0 Å². The second-order valence-corrected chi connectivity index (χ2v) is 23.1. The molecule has 0 aliphatic carbocycles. The molecule has 0 radical (unpaired) electrons.